The molecule has 2 aliphatic rings. The van der Waals surface area contributed by atoms with Crippen LogP contribution in [-0.2, 0) is 20.9 Å². The van der Waals surface area contributed by atoms with Crippen LogP contribution in [0.3, 0.4) is 0 Å². The Labute approximate surface area is 177 Å². The number of likely N-dealkylation sites (tertiary alicyclic amines) is 2. The van der Waals surface area contributed by atoms with Gasteiger partial charge in [0.05, 0.1) is 0 Å². The molecule has 0 aliphatic carbocycles. The third-order valence-corrected chi connectivity index (χ3v) is 5.35. The predicted molar refractivity (Wildman–Crippen MR) is 102 cm³/mol. The van der Waals surface area contributed by atoms with Crippen LogP contribution in [-0.4, -0.2) is 83.0 Å². The topological polar surface area (TPSA) is 81.2 Å². The Kier molecular flexibility index (Phi) is 7.99. The summed E-state index contributed by atoms with van der Waals surface area (Å²) in [6.45, 7) is 1.81. The van der Waals surface area contributed by atoms with E-state index in [1.54, 1.807) is 19.0 Å². The molecule has 11 heteroatoms. The third kappa shape index (κ3) is 6.65. The summed E-state index contributed by atoms with van der Waals surface area (Å²) in [7, 11) is 3.42. The number of carbonyl (C=O) groups excluding carboxylic acids is 2. The van der Waals surface area contributed by atoms with E-state index in [1.807, 2.05) is 12.1 Å². The predicted octanol–water partition coefficient (Wildman–Crippen LogP) is 2.11. The zero-order chi connectivity index (χ0) is 23.3. The van der Waals surface area contributed by atoms with Crippen molar-refractivity contribution < 1.29 is 37.1 Å². The molecule has 0 radical (unpaired) electrons. The first-order valence-corrected chi connectivity index (χ1v) is 9.68. The van der Waals surface area contributed by atoms with Gasteiger partial charge in [0, 0.05) is 45.7 Å². The van der Waals surface area contributed by atoms with Gasteiger partial charge in [-0.15, -0.1) is 0 Å². The summed E-state index contributed by atoms with van der Waals surface area (Å²) in [5, 5.41) is 7.12. The van der Waals surface area contributed by atoms with Crippen molar-refractivity contribution in [1.29, 1.82) is 0 Å². The van der Waals surface area contributed by atoms with Crippen molar-refractivity contribution >= 4 is 17.8 Å². The Morgan fingerprint density at radius 2 is 1.71 bits per heavy atom. The van der Waals surface area contributed by atoms with Crippen LogP contribution >= 0.6 is 0 Å². The van der Waals surface area contributed by atoms with E-state index in [0.29, 0.717) is 6.42 Å². The second kappa shape index (κ2) is 10.1. The molecule has 2 aliphatic heterocycles. The van der Waals surface area contributed by atoms with Gasteiger partial charge in [-0.1, -0.05) is 12.1 Å². The van der Waals surface area contributed by atoms with Gasteiger partial charge >= 0.3 is 12.1 Å². The molecular formula is C20H25F4N3O4. The normalized spacial score (nSPS) is 21.2. The first-order chi connectivity index (χ1) is 14.4. The van der Waals surface area contributed by atoms with Crippen molar-refractivity contribution in [2.75, 3.05) is 27.2 Å². The van der Waals surface area contributed by atoms with Crippen molar-refractivity contribution in [3.63, 3.8) is 0 Å². The minimum Gasteiger partial charge on any atom is -0.475 e. The van der Waals surface area contributed by atoms with E-state index in [4.69, 9.17) is 9.90 Å². The van der Waals surface area contributed by atoms with E-state index in [-0.39, 0.29) is 36.3 Å². The molecule has 0 spiro atoms. The van der Waals surface area contributed by atoms with Gasteiger partial charge in [-0.05, 0) is 30.5 Å². The third-order valence-electron chi connectivity index (χ3n) is 5.35. The fraction of sp³-hybridized carbons (Fsp3) is 0.550. The minimum atomic E-state index is -5.08. The summed E-state index contributed by atoms with van der Waals surface area (Å²) in [6.07, 6.45) is -2.88. The Hall–Kier alpha value is -2.69. The van der Waals surface area contributed by atoms with E-state index in [1.165, 1.54) is 17.0 Å². The van der Waals surface area contributed by atoms with Crippen molar-refractivity contribution in [2.24, 2.45) is 0 Å². The molecule has 0 aromatic heterocycles. The average Bonchev–Trinajstić information content (AvgIpc) is 3.08. The maximum absolute atomic E-state index is 13.1. The van der Waals surface area contributed by atoms with Crippen molar-refractivity contribution in [1.82, 2.24) is 14.7 Å². The smallest absolute Gasteiger partial charge is 0.475 e. The highest BCUT2D eigenvalue weighted by atomic mass is 19.4. The van der Waals surface area contributed by atoms with Crippen molar-refractivity contribution in [3.8, 4) is 0 Å². The molecule has 1 N–H and O–H groups in total. The molecule has 2 atom stereocenters. The number of fused-ring (bicyclic) bond motifs is 1. The Balaban J connectivity index is 0.000000423. The molecule has 31 heavy (non-hydrogen) atoms. The summed E-state index contributed by atoms with van der Waals surface area (Å²) in [5.74, 6) is -2.95. The van der Waals surface area contributed by atoms with Crippen molar-refractivity contribution in [2.45, 2.75) is 44.1 Å². The summed E-state index contributed by atoms with van der Waals surface area (Å²) in [6, 6.07) is 6.97. The van der Waals surface area contributed by atoms with Crippen LogP contribution in [0, 0.1) is 5.82 Å². The van der Waals surface area contributed by atoms with Gasteiger partial charge in [0.15, 0.2) is 0 Å². The minimum absolute atomic E-state index is 0.0408. The van der Waals surface area contributed by atoms with E-state index in [2.05, 4.69) is 4.90 Å². The number of carbonyl (C=O) groups is 3. The first kappa shape index (κ1) is 24.6. The number of benzene rings is 1. The Bertz CT molecular complexity index is 799. The zero-order valence-corrected chi connectivity index (χ0v) is 17.2. The summed E-state index contributed by atoms with van der Waals surface area (Å²) in [5.41, 5.74) is 1.07. The maximum Gasteiger partial charge on any atom is 0.490 e. The second-order valence-corrected chi connectivity index (χ2v) is 7.67. The molecule has 2 fully saturated rings. The van der Waals surface area contributed by atoms with Crippen LogP contribution in [0.4, 0.5) is 17.6 Å². The molecule has 1 aromatic carbocycles. The van der Waals surface area contributed by atoms with Crippen LogP contribution in [0.15, 0.2) is 24.3 Å². The molecule has 2 saturated heterocycles. The molecule has 2 heterocycles. The molecule has 172 valence electrons. The van der Waals surface area contributed by atoms with E-state index in [9.17, 15) is 27.2 Å². The van der Waals surface area contributed by atoms with Crippen LogP contribution < -0.4 is 0 Å². The number of halogens is 4. The van der Waals surface area contributed by atoms with Gasteiger partial charge in [0.2, 0.25) is 11.8 Å². The van der Waals surface area contributed by atoms with Gasteiger partial charge in [0.1, 0.15) is 12.4 Å². The lowest BCUT2D eigenvalue weighted by molar-refractivity contribution is -0.192. The van der Waals surface area contributed by atoms with E-state index in [0.717, 1.165) is 31.5 Å². The quantitative estimate of drug-likeness (QED) is 0.716. The van der Waals surface area contributed by atoms with Crippen LogP contribution in [0.1, 0.15) is 24.8 Å². The number of amides is 2. The number of nitrogens with zero attached hydrogens (tertiary/aromatic N) is 3. The molecule has 2 amide bonds. The van der Waals surface area contributed by atoms with Crippen LogP contribution in [0.25, 0.3) is 0 Å². The maximum atomic E-state index is 13.1. The molecule has 1 aromatic rings. The second-order valence-electron chi connectivity index (χ2n) is 7.67. The summed E-state index contributed by atoms with van der Waals surface area (Å²) in [4.78, 5) is 38.9. The highest BCUT2D eigenvalue weighted by Crippen LogP contribution is 2.32. The number of carboxylic acids is 1. The number of aliphatic carboxylic acids is 1. The molecule has 0 saturated carbocycles. The monoisotopic (exact) mass is 447 g/mol. The van der Waals surface area contributed by atoms with Gasteiger partial charge in [-0.2, -0.15) is 13.2 Å². The fourth-order valence-electron chi connectivity index (χ4n) is 3.75. The fourth-order valence-corrected chi connectivity index (χ4v) is 3.75. The highest BCUT2D eigenvalue weighted by molar-refractivity contribution is 5.85. The zero-order valence-electron chi connectivity index (χ0n) is 17.2. The lowest BCUT2D eigenvalue weighted by Gasteiger charge is -2.39. The number of alkyl halides is 3. The largest absolute Gasteiger partial charge is 0.490 e. The number of piperidine rings is 1. The van der Waals surface area contributed by atoms with Gasteiger partial charge in [-0.25, -0.2) is 9.18 Å². The molecule has 7 nitrogen and oxygen atoms in total. The van der Waals surface area contributed by atoms with Gasteiger partial charge < -0.3 is 14.9 Å². The number of hydrogen-bond donors (Lipinski definition) is 1. The Morgan fingerprint density at radius 1 is 1.13 bits per heavy atom. The molecule has 0 bridgehead atoms. The average molecular weight is 447 g/mol. The summed E-state index contributed by atoms with van der Waals surface area (Å²) < 4.78 is 44.8. The lowest BCUT2D eigenvalue weighted by Crippen LogP contribution is -2.54. The summed E-state index contributed by atoms with van der Waals surface area (Å²) >= 11 is 0. The number of carboxylic acid groups (broad SMARTS) is 1. The standard InChI is InChI=1S/C18H24FN3O2.C2HF3O2/c1-20(2)18(24)12-22-16-9-10-21(15(16)7-8-17(22)23)11-13-3-5-14(19)6-4-13;3-2(4,5)1(6)7/h3-6,15-16H,7-12H2,1-2H3;(H,6,7)/t15-,16-;/m1./s1. The number of rotatable bonds is 4. The highest BCUT2D eigenvalue weighted by Gasteiger charge is 2.43. The van der Waals surface area contributed by atoms with Gasteiger partial charge in [-0.3, -0.25) is 14.5 Å². The van der Waals surface area contributed by atoms with Crippen LogP contribution in [0.5, 0.6) is 0 Å². The Morgan fingerprint density at radius 3 is 2.23 bits per heavy atom. The van der Waals surface area contributed by atoms with Gasteiger partial charge in [0.25, 0.3) is 0 Å². The molecule has 0 unspecified atom stereocenters. The molecular weight excluding hydrogens is 422 g/mol. The molecule has 3 rings (SSSR count). The van der Waals surface area contributed by atoms with Crippen LogP contribution in [0.2, 0.25) is 0 Å². The number of hydrogen-bond acceptors (Lipinski definition) is 4. The lowest BCUT2D eigenvalue weighted by atomic mass is 9.96. The van der Waals surface area contributed by atoms with Crippen molar-refractivity contribution in [3.05, 3.63) is 35.6 Å². The van der Waals surface area contributed by atoms with E-state index >= 15 is 0 Å². The SMILES string of the molecule is CN(C)C(=O)CN1C(=O)CC[C@@H]2[C@H]1CCN2Cc1ccc(F)cc1.O=C(O)C(F)(F)F. The first-order valence-electron chi connectivity index (χ1n) is 9.68. The number of likely N-dealkylation sites (N-methyl/N-ethyl adjacent to an activating group) is 1. The van der Waals surface area contributed by atoms with E-state index < -0.39 is 12.1 Å².